The quantitative estimate of drug-likeness (QED) is 0.798. The van der Waals surface area contributed by atoms with E-state index < -0.39 is 0 Å². The van der Waals surface area contributed by atoms with Crippen LogP contribution in [0.15, 0.2) is 24.3 Å². The van der Waals surface area contributed by atoms with Gasteiger partial charge in [0.25, 0.3) is 0 Å². The smallest absolute Gasteiger partial charge is 0.127 e. The molecule has 0 aliphatic carbocycles. The molecule has 0 fully saturated rings. The summed E-state index contributed by atoms with van der Waals surface area (Å²) in [5, 5.41) is 3.39. The molecule has 0 aliphatic heterocycles. The van der Waals surface area contributed by atoms with Crippen molar-refractivity contribution in [3.8, 4) is 0 Å². The Morgan fingerprint density at radius 2 is 1.94 bits per heavy atom. The second-order valence-corrected chi connectivity index (χ2v) is 5.14. The van der Waals surface area contributed by atoms with Crippen LogP contribution in [0.25, 0.3) is 0 Å². The highest BCUT2D eigenvalue weighted by molar-refractivity contribution is 5.20. The van der Waals surface area contributed by atoms with E-state index in [4.69, 9.17) is 0 Å². The summed E-state index contributed by atoms with van der Waals surface area (Å²) in [6.45, 7) is 9.51. The number of rotatable bonds is 5. The second-order valence-electron chi connectivity index (χ2n) is 5.14. The minimum atomic E-state index is -0.128. The fourth-order valence-electron chi connectivity index (χ4n) is 1.49. The molecule has 1 aromatic carbocycles. The van der Waals surface area contributed by atoms with Gasteiger partial charge in [-0.05, 0) is 24.8 Å². The first-order chi connectivity index (χ1) is 7.46. The van der Waals surface area contributed by atoms with Gasteiger partial charge in [0, 0.05) is 18.2 Å². The van der Waals surface area contributed by atoms with E-state index in [1.807, 2.05) is 19.1 Å². The Balaban J connectivity index is 2.60. The molecule has 0 aliphatic rings. The first-order valence-electron chi connectivity index (χ1n) is 5.94. The Labute approximate surface area is 98.1 Å². The van der Waals surface area contributed by atoms with Crippen LogP contribution in [0.1, 0.15) is 45.7 Å². The van der Waals surface area contributed by atoms with Crippen LogP contribution in [0.3, 0.4) is 0 Å². The standard InChI is InChI=1S/C14H22FN/c1-5-14(3,4)10-16-11(2)12-8-6-7-9-13(12)15/h6-9,11,16H,5,10H2,1-4H3. The van der Waals surface area contributed by atoms with E-state index in [0.29, 0.717) is 0 Å². The molecule has 0 aromatic heterocycles. The van der Waals surface area contributed by atoms with Crippen molar-refractivity contribution in [2.45, 2.75) is 40.2 Å². The van der Waals surface area contributed by atoms with E-state index in [1.165, 1.54) is 6.07 Å². The third-order valence-corrected chi connectivity index (χ3v) is 3.22. The van der Waals surface area contributed by atoms with Gasteiger partial charge in [-0.2, -0.15) is 0 Å². The molecule has 1 N–H and O–H groups in total. The van der Waals surface area contributed by atoms with Crippen LogP contribution in [0.5, 0.6) is 0 Å². The summed E-state index contributed by atoms with van der Waals surface area (Å²) in [6, 6.07) is 7.01. The molecule has 90 valence electrons. The Bertz CT molecular complexity index is 333. The molecule has 16 heavy (non-hydrogen) atoms. The van der Waals surface area contributed by atoms with Gasteiger partial charge in [-0.3, -0.25) is 0 Å². The molecular formula is C14H22FN. The van der Waals surface area contributed by atoms with Crippen molar-refractivity contribution in [2.75, 3.05) is 6.54 Å². The third kappa shape index (κ3) is 3.60. The Kier molecular flexibility index (Phi) is 4.48. The lowest BCUT2D eigenvalue weighted by molar-refractivity contribution is 0.312. The lowest BCUT2D eigenvalue weighted by Gasteiger charge is -2.26. The van der Waals surface area contributed by atoms with Crippen molar-refractivity contribution < 1.29 is 4.39 Å². The van der Waals surface area contributed by atoms with Gasteiger partial charge >= 0.3 is 0 Å². The normalized spacial score (nSPS) is 13.8. The predicted molar refractivity (Wildman–Crippen MR) is 66.9 cm³/mol. The van der Waals surface area contributed by atoms with Gasteiger partial charge in [-0.25, -0.2) is 4.39 Å². The zero-order valence-corrected chi connectivity index (χ0v) is 10.7. The van der Waals surface area contributed by atoms with Crippen molar-refractivity contribution >= 4 is 0 Å². The fourth-order valence-corrected chi connectivity index (χ4v) is 1.49. The van der Waals surface area contributed by atoms with Crippen molar-refractivity contribution in [1.82, 2.24) is 5.32 Å². The van der Waals surface area contributed by atoms with Crippen LogP contribution in [0.4, 0.5) is 4.39 Å². The molecule has 2 heteroatoms. The highest BCUT2D eigenvalue weighted by Crippen LogP contribution is 2.21. The summed E-state index contributed by atoms with van der Waals surface area (Å²) in [4.78, 5) is 0. The first-order valence-corrected chi connectivity index (χ1v) is 5.94. The van der Waals surface area contributed by atoms with E-state index in [1.54, 1.807) is 6.07 Å². The topological polar surface area (TPSA) is 12.0 Å². The molecule has 1 aromatic rings. The summed E-state index contributed by atoms with van der Waals surface area (Å²) in [7, 11) is 0. The largest absolute Gasteiger partial charge is 0.310 e. The van der Waals surface area contributed by atoms with Gasteiger partial charge in [0.1, 0.15) is 5.82 Å². The first kappa shape index (κ1) is 13.2. The van der Waals surface area contributed by atoms with Crippen molar-refractivity contribution in [1.29, 1.82) is 0 Å². The summed E-state index contributed by atoms with van der Waals surface area (Å²) in [5.74, 6) is -0.128. The second kappa shape index (κ2) is 5.44. The van der Waals surface area contributed by atoms with Gasteiger partial charge in [0.2, 0.25) is 0 Å². The monoisotopic (exact) mass is 223 g/mol. The molecule has 1 unspecified atom stereocenters. The molecule has 0 radical (unpaired) electrons. The molecule has 0 bridgehead atoms. The Morgan fingerprint density at radius 3 is 2.50 bits per heavy atom. The lowest BCUT2D eigenvalue weighted by Crippen LogP contribution is -2.31. The number of hydrogen-bond acceptors (Lipinski definition) is 1. The van der Waals surface area contributed by atoms with Gasteiger partial charge < -0.3 is 5.32 Å². The third-order valence-electron chi connectivity index (χ3n) is 3.22. The molecule has 0 saturated heterocycles. The predicted octanol–water partition coefficient (Wildman–Crippen LogP) is 3.91. The summed E-state index contributed by atoms with van der Waals surface area (Å²) in [5.41, 5.74) is 1.01. The van der Waals surface area contributed by atoms with Crippen LogP contribution in [-0.2, 0) is 0 Å². The molecule has 1 atom stereocenters. The Morgan fingerprint density at radius 1 is 1.31 bits per heavy atom. The SMILES string of the molecule is CCC(C)(C)CNC(C)c1ccccc1F. The van der Waals surface area contributed by atoms with E-state index in [9.17, 15) is 4.39 Å². The van der Waals surface area contributed by atoms with Crippen LogP contribution >= 0.6 is 0 Å². The van der Waals surface area contributed by atoms with Gasteiger partial charge in [0.15, 0.2) is 0 Å². The van der Waals surface area contributed by atoms with Crippen LogP contribution in [0, 0.1) is 11.2 Å². The van der Waals surface area contributed by atoms with Crippen molar-refractivity contribution in [2.24, 2.45) is 5.41 Å². The van der Waals surface area contributed by atoms with E-state index in [2.05, 4.69) is 26.1 Å². The Hall–Kier alpha value is -0.890. The van der Waals surface area contributed by atoms with Crippen LogP contribution in [-0.4, -0.2) is 6.54 Å². The van der Waals surface area contributed by atoms with Crippen LogP contribution in [0.2, 0.25) is 0 Å². The van der Waals surface area contributed by atoms with E-state index in [0.717, 1.165) is 18.5 Å². The number of halogens is 1. The maximum Gasteiger partial charge on any atom is 0.127 e. The molecule has 1 nitrogen and oxygen atoms in total. The summed E-state index contributed by atoms with van der Waals surface area (Å²) < 4.78 is 13.5. The molecule has 0 amide bonds. The van der Waals surface area contributed by atoms with E-state index >= 15 is 0 Å². The average molecular weight is 223 g/mol. The molecule has 0 spiro atoms. The number of benzene rings is 1. The van der Waals surface area contributed by atoms with Crippen molar-refractivity contribution in [3.05, 3.63) is 35.6 Å². The lowest BCUT2D eigenvalue weighted by atomic mass is 9.90. The minimum Gasteiger partial charge on any atom is -0.310 e. The van der Waals surface area contributed by atoms with Crippen molar-refractivity contribution in [3.63, 3.8) is 0 Å². The maximum absolute atomic E-state index is 13.5. The zero-order chi connectivity index (χ0) is 12.2. The average Bonchev–Trinajstić information content (AvgIpc) is 2.27. The van der Waals surface area contributed by atoms with Gasteiger partial charge in [0.05, 0.1) is 0 Å². The zero-order valence-electron chi connectivity index (χ0n) is 10.7. The maximum atomic E-state index is 13.5. The van der Waals surface area contributed by atoms with Gasteiger partial charge in [-0.15, -0.1) is 0 Å². The molecule has 1 rings (SSSR count). The molecule has 0 heterocycles. The summed E-state index contributed by atoms with van der Waals surface area (Å²) >= 11 is 0. The fraction of sp³-hybridized carbons (Fsp3) is 0.571. The van der Waals surface area contributed by atoms with Crippen LogP contribution < -0.4 is 5.32 Å². The summed E-state index contributed by atoms with van der Waals surface area (Å²) in [6.07, 6.45) is 1.12. The minimum absolute atomic E-state index is 0.0621. The van der Waals surface area contributed by atoms with Gasteiger partial charge in [-0.1, -0.05) is 39.0 Å². The molecule has 0 saturated carbocycles. The number of nitrogens with one attached hydrogen (secondary N) is 1. The molecular weight excluding hydrogens is 201 g/mol. The highest BCUT2D eigenvalue weighted by Gasteiger charge is 2.17. The van der Waals surface area contributed by atoms with E-state index in [-0.39, 0.29) is 17.3 Å². The number of hydrogen-bond donors (Lipinski definition) is 1. The highest BCUT2D eigenvalue weighted by atomic mass is 19.1.